The Labute approximate surface area is 164 Å². The lowest BCUT2D eigenvalue weighted by atomic mass is 9.72. The number of nitrogens with zero attached hydrogens (tertiary/aromatic N) is 1. The summed E-state index contributed by atoms with van der Waals surface area (Å²) in [6, 6.07) is 0. The molecule has 3 N–H and O–H groups in total. The van der Waals surface area contributed by atoms with Crippen LogP contribution in [-0.2, 0) is 4.74 Å². The van der Waals surface area contributed by atoms with Gasteiger partial charge in [0.2, 0.25) is 0 Å². The predicted octanol–water partition coefficient (Wildman–Crippen LogP) is 3.06. The van der Waals surface area contributed by atoms with E-state index in [1.165, 1.54) is 44.9 Å². The zero-order valence-electron chi connectivity index (χ0n) is 15.2. The fourth-order valence-electron chi connectivity index (χ4n) is 3.84. The summed E-state index contributed by atoms with van der Waals surface area (Å²) in [5.74, 6) is 0.911. The normalized spacial score (nSPS) is 23.6. The Morgan fingerprint density at radius 3 is 2.62 bits per heavy atom. The van der Waals surface area contributed by atoms with Gasteiger partial charge in [0.25, 0.3) is 0 Å². The van der Waals surface area contributed by atoms with Gasteiger partial charge < -0.3 is 20.5 Å². The van der Waals surface area contributed by atoms with Crippen molar-refractivity contribution in [3.05, 3.63) is 0 Å². The molecule has 0 radical (unpaired) electrons. The summed E-state index contributed by atoms with van der Waals surface area (Å²) in [6.45, 7) is 5.90. The molecule has 1 aliphatic carbocycles. The second-order valence-electron chi connectivity index (χ2n) is 7.08. The topological polar surface area (TPSA) is 65.9 Å². The molecule has 1 saturated heterocycles. The van der Waals surface area contributed by atoms with Crippen molar-refractivity contribution in [3.8, 4) is 0 Å². The molecule has 1 heterocycles. The van der Waals surface area contributed by atoms with E-state index in [9.17, 15) is 5.11 Å². The van der Waals surface area contributed by atoms with Gasteiger partial charge in [-0.05, 0) is 50.9 Å². The van der Waals surface area contributed by atoms with Crippen LogP contribution in [-0.4, -0.2) is 50.0 Å². The molecule has 2 rings (SSSR count). The minimum Gasteiger partial charge on any atom is -0.396 e. The van der Waals surface area contributed by atoms with Gasteiger partial charge in [-0.15, -0.1) is 24.0 Å². The van der Waals surface area contributed by atoms with Gasteiger partial charge in [0.1, 0.15) is 0 Å². The molecule has 0 spiro atoms. The first-order chi connectivity index (χ1) is 11.3. The fraction of sp³-hybridized carbons (Fsp3) is 0.944. The summed E-state index contributed by atoms with van der Waals surface area (Å²) in [5.41, 5.74) is 0.212. The van der Waals surface area contributed by atoms with Crippen LogP contribution in [0.5, 0.6) is 0 Å². The average Bonchev–Trinajstić information content (AvgIpc) is 3.07. The van der Waals surface area contributed by atoms with Crippen LogP contribution in [0.15, 0.2) is 4.99 Å². The van der Waals surface area contributed by atoms with Gasteiger partial charge in [0, 0.05) is 32.8 Å². The summed E-state index contributed by atoms with van der Waals surface area (Å²) in [5, 5.41) is 16.2. The number of aliphatic imine (C=N–C) groups is 1. The first-order valence-electron chi connectivity index (χ1n) is 9.53. The van der Waals surface area contributed by atoms with Crippen molar-refractivity contribution in [1.82, 2.24) is 10.6 Å². The summed E-state index contributed by atoms with van der Waals surface area (Å²) in [7, 11) is 0. The van der Waals surface area contributed by atoms with Crippen LogP contribution in [0.1, 0.15) is 64.7 Å². The van der Waals surface area contributed by atoms with Crippen LogP contribution >= 0.6 is 24.0 Å². The molecule has 2 aliphatic rings. The number of hydrogen-bond acceptors (Lipinski definition) is 3. The van der Waals surface area contributed by atoms with Gasteiger partial charge >= 0.3 is 0 Å². The number of aliphatic hydroxyl groups excluding tert-OH is 1. The van der Waals surface area contributed by atoms with Gasteiger partial charge in [-0.2, -0.15) is 0 Å². The molecule has 1 aliphatic heterocycles. The molecule has 1 atom stereocenters. The standard InChI is InChI=1S/C18H35N3O2.HI/c1-2-19-17(20-12-8-16-7-6-14-23-16)21-15-18(11-13-22)9-4-3-5-10-18;/h16,22H,2-15H2,1H3,(H2,19,20,21);1H. The number of aliphatic hydroxyl groups is 1. The molecule has 0 amide bonds. The monoisotopic (exact) mass is 453 g/mol. The van der Waals surface area contributed by atoms with E-state index in [0.717, 1.165) is 45.0 Å². The summed E-state index contributed by atoms with van der Waals surface area (Å²) < 4.78 is 5.67. The number of nitrogens with one attached hydrogen (secondary N) is 2. The molecule has 0 aromatic heterocycles. The van der Waals surface area contributed by atoms with Crippen molar-refractivity contribution < 1.29 is 9.84 Å². The van der Waals surface area contributed by atoms with Crippen molar-refractivity contribution in [2.24, 2.45) is 10.4 Å². The molecule has 1 saturated carbocycles. The van der Waals surface area contributed by atoms with E-state index in [4.69, 9.17) is 9.73 Å². The summed E-state index contributed by atoms with van der Waals surface area (Å²) in [6.07, 6.45) is 11.0. The molecule has 6 heteroatoms. The van der Waals surface area contributed by atoms with E-state index in [1.807, 2.05) is 0 Å². The van der Waals surface area contributed by atoms with Crippen molar-refractivity contribution in [3.63, 3.8) is 0 Å². The third-order valence-electron chi connectivity index (χ3n) is 5.26. The van der Waals surface area contributed by atoms with Crippen molar-refractivity contribution in [2.75, 3.05) is 32.8 Å². The molecule has 142 valence electrons. The zero-order chi connectivity index (χ0) is 16.4. The first kappa shape index (κ1) is 22.0. The second-order valence-corrected chi connectivity index (χ2v) is 7.08. The number of hydrogen-bond donors (Lipinski definition) is 3. The second kappa shape index (κ2) is 12.3. The molecule has 0 aromatic carbocycles. The van der Waals surface area contributed by atoms with Crippen molar-refractivity contribution in [2.45, 2.75) is 70.8 Å². The van der Waals surface area contributed by atoms with Crippen LogP contribution in [0.4, 0.5) is 0 Å². The van der Waals surface area contributed by atoms with E-state index in [0.29, 0.717) is 6.10 Å². The van der Waals surface area contributed by atoms with E-state index >= 15 is 0 Å². The highest BCUT2D eigenvalue weighted by molar-refractivity contribution is 14.0. The van der Waals surface area contributed by atoms with Gasteiger partial charge in [-0.1, -0.05) is 19.3 Å². The minimum atomic E-state index is 0. The van der Waals surface area contributed by atoms with Crippen LogP contribution in [0, 0.1) is 5.41 Å². The third kappa shape index (κ3) is 7.44. The largest absolute Gasteiger partial charge is 0.396 e. The average molecular weight is 453 g/mol. The molecule has 0 aromatic rings. The lowest BCUT2D eigenvalue weighted by Gasteiger charge is -2.35. The number of rotatable bonds is 8. The fourth-order valence-corrected chi connectivity index (χ4v) is 3.84. The Hall–Kier alpha value is -0.0800. The molecule has 1 unspecified atom stereocenters. The molecule has 0 bridgehead atoms. The highest BCUT2D eigenvalue weighted by Crippen LogP contribution is 2.39. The Morgan fingerprint density at radius 1 is 1.21 bits per heavy atom. The summed E-state index contributed by atoms with van der Waals surface area (Å²) >= 11 is 0. The number of guanidine groups is 1. The highest BCUT2D eigenvalue weighted by atomic mass is 127. The molecular weight excluding hydrogens is 417 g/mol. The molecule has 5 nitrogen and oxygen atoms in total. The van der Waals surface area contributed by atoms with Crippen LogP contribution in [0.2, 0.25) is 0 Å². The molecular formula is C18H36IN3O2. The van der Waals surface area contributed by atoms with Gasteiger partial charge in [0.15, 0.2) is 5.96 Å². The Bertz CT molecular complexity index is 349. The maximum atomic E-state index is 9.42. The smallest absolute Gasteiger partial charge is 0.191 e. The highest BCUT2D eigenvalue weighted by Gasteiger charge is 2.31. The quantitative estimate of drug-likeness (QED) is 0.300. The SMILES string of the molecule is CCNC(=NCC1(CCO)CCCCC1)NCCC1CCCO1.I. The Kier molecular flexibility index (Phi) is 11.3. The van der Waals surface area contributed by atoms with Gasteiger partial charge in [0.05, 0.1) is 6.10 Å². The molecule has 24 heavy (non-hydrogen) atoms. The predicted molar refractivity (Wildman–Crippen MR) is 110 cm³/mol. The number of ether oxygens (including phenoxy) is 1. The van der Waals surface area contributed by atoms with Crippen molar-refractivity contribution >= 4 is 29.9 Å². The number of halogens is 1. The third-order valence-corrected chi connectivity index (χ3v) is 5.26. The Morgan fingerprint density at radius 2 is 2.00 bits per heavy atom. The lowest BCUT2D eigenvalue weighted by molar-refractivity contribution is 0.105. The van der Waals surface area contributed by atoms with Crippen LogP contribution in [0.3, 0.4) is 0 Å². The van der Waals surface area contributed by atoms with E-state index < -0.39 is 0 Å². The first-order valence-corrected chi connectivity index (χ1v) is 9.53. The van der Waals surface area contributed by atoms with E-state index in [2.05, 4.69) is 17.6 Å². The Balaban J connectivity index is 0.00000288. The van der Waals surface area contributed by atoms with Gasteiger partial charge in [-0.25, -0.2) is 0 Å². The van der Waals surface area contributed by atoms with Crippen LogP contribution < -0.4 is 10.6 Å². The maximum absolute atomic E-state index is 9.42. The minimum absolute atomic E-state index is 0. The maximum Gasteiger partial charge on any atom is 0.191 e. The van der Waals surface area contributed by atoms with Gasteiger partial charge in [-0.3, -0.25) is 4.99 Å². The van der Waals surface area contributed by atoms with Crippen LogP contribution in [0.25, 0.3) is 0 Å². The van der Waals surface area contributed by atoms with E-state index in [-0.39, 0.29) is 36.0 Å². The van der Waals surface area contributed by atoms with E-state index in [1.54, 1.807) is 0 Å². The lowest BCUT2D eigenvalue weighted by Crippen LogP contribution is -2.40. The molecule has 2 fully saturated rings. The summed E-state index contributed by atoms with van der Waals surface area (Å²) in [4.78, 5) is 4.83. The van der Waals surface area contributed by atoms with Crippen molar-refractivity contribution in [1.29, 1.82) is 0 Å². The zero-order valence-corrected chi connectivity index (χ0v) is 17.5.